The van der Waals surface area contributed by atoms with Crippen LogP contribution in [0.15, 0.2) is 35.4 Å². The van der Waals surface area contributed by atoms with Gasteiger partial charge in [0.25, 0.3) is 5.56 Å². The van der Waals surface area contributed by atoms with Gasteiger partial charge in [-0.1, -0.05) is 12.1 Å². The molecule has 1 aliphatic heterocycles. The van der Waals surface area contributed by atoms with Crippen molar-refractivity contribution < 1.29 is 0 Å². The lowest BCUT2D eigenvalue weighted by atomic mass is 10.1. The van der Waals surface area contributed by atoms with Crippen molar-refractivity contribution in [1.82, 2.24) is 9.55 Å². The molecule has 25 heavy (non-hydrogen) atoms. The molecule has 1 saturated heterocycles. The van der Waals surface area contributed by atoms with Crippen molar-refractivity contribution in [3.63, 3.8) is 0 Å². The molecular weight excluding hydrogens is 316 g/mol. The average Bonchev–Trinajstić information content (AvgIpc) is 2.63. The number of nitrogens with two attached hydrogens (primary N) is 1. The molecule has 1 atom stereocenters. The van der Waals surface area contributed by atoms with Crippen LogP contribution in [0.1, 0.15) is 18.4 Å². The lowest BCUT2D eigenvalue weighted by molar-refractivity contribution is 0.502. The molecule has 0 saturated carbocycles. The molecule has 0 amide bonds. The Kier molecular flexibility index (Phi) is 4.72. The van der Waals surface area contributed by atoms with Gasteiger partial charge in [-0.15, -0.1) is 0 Å². The number of nitrogens with zero attached hydrogens (tertiary/aromatic N) is 5. The Bertz CT molecular complexity index is 869. The summed E-state index contributed by atoms with van der Waals surface area (Å²) in [4.78, 5) is 21.2. The zero-order valence-corrected chi connectivity index (χ0v) is 14.5. The van der Waals surface area contributed by atoms with Gasteiger partial charge in [-0.2, -0.15) is 5.26 Å². The molecule has 7 nitrogen and oxygen atoms in total. The third-order valence-electron chi connectivity index (χ3n) is 4.57. The normalized spacial score (nSPS) is 17.2. The molecule has 1 unspecified atom stereocenters. The van der Waals surface area contributed by atoms with Crippen molar-refractivity contribution in [3.8, 4) is 6.07 Å². The summed E-state index contributed by atoms with van der Waals surface area (Å²) in [5.74, 6) is 0.619. The van der Waals surface area contributed by atoms with Crippen LogP contribution in [-0.2, 0) is 7.05 Å². The van der Waals surface area contributed by atoms with E-state index in [9.17, 15) is 10.1 Å². The maximum Gasteiger partial charge on any atom is 0.279 e. The van der Waals surface area contributed by atoms with Crippen LogP contribution in [0.2, 0.25) is 0 Å². The molecule has 1 aliphatic rings. The average molecular weight is 338 g/mol. The van der Waals surface area contributed by atoms with Crippen LogP contribution in [0.25, 0.3) is 0 Å². The first-order valence-corrected chi connectivity index (χ1v) is 8.32. The fourth-order valence-corrected chi connectivity index (χ4v) is 3.23. The number of benzene rings is 1. The molecule has 1 aromatic heterocycles. The van der Waals surface area contributed by atoms with Gasteiger partial charge in [0.1, 0.15) is 6.07 Å². The quantitative estimate of drug-likeness (QED) is 0.908. The summed E-state index contributed by atoms with van der Waals surface area (Å²) in [6.45, 7) is 1.48. The van der Waals surface area contributed by atoms with Crippen molar-refractivity contribution in [2.45, 2.75) is 18.9 Å². The molecule has 0 spiro atoms. The van der Waals surface area contributed by atoms with Gasteiger partial charge in [-0.25, -0.2) is 4.98 Å². The van der Waals surface area contributed by atoms with Crippen LogP contribution in [0.4, 0.5) is 17.2 Å². The lowest BCUT2D eigenvalue weighted by Crippen LogP contribution is -2.44. The van der Waals surface area contributed by atoms with Gasteiger partial charge < -0.3 is 20.1 Å². The largest absolute Gasteiger partial charge is 0.353 e. The summed E-state index contributed by atoms with van der Waals surface area (Å²) in [5.41, 5.74) is 7.60. The van der Waals surface area contributed by atoms with Crippen LogP contribution in [0.3, 0.4) is 0 Å². The van der Waals surface area contributed by atoms with Crippen LogP contribution < -0.4 is 21.1 Å². The summed E-state index contributed by atoms with van der Waals surface area (Å²) in [6, 6.07) is 9.48. The van der Waals surface area contributed by atoms with Crippen molar-refractivity contribution in [2.75, 3.05) is 29.9 Å². The van der Waals surface area contributed by atoms with E-state index in [2.05, 4.69) is 16.0 Å². The molecular formula is C18H22N6O. The van der Waals surface area contributed by atoms with Crippen molar-refractivity contribution >= 4 is 17.2 Å². The predicted octanol–water partition coefficient (Wildman–Crippen LogP) is 1.35. The number of nitriles is 1. The Labute approximate surface area is 146 Å². The molecule has 2 aromatic rings. The summed E-state index contributed by atoms with van der Waals surface area (Å²) in [7, 11) is 3.47. The summed E-state index contributed by atoms with van der Waals surface area (Å²) in [5, 5.41) is 9.39. The third-order valence-corrected chi connectivity index (χ3v) is 4.57. The first-order chi connectivity index (χ1) is 12.0. The first-order valence-electron chi connectivity index (χ1n) is 8.32. The standard InChI is InChI=1S/C18H22N6O/c1-22-12-21-17(24-9-5-7-14(20)11-24)16(18(22)25)23(2)15-8-4-3-6-13(15)10-19/h3-4,6,8,12,14H,5,7,9,11,20H2,1-2H3. The first kappa shape index (κ1) is 17.0. The summed E-state index contributed by atoms with van der Waals surface area (Å²) >= 11 is 0. The predicted molar refractivity (Wildman–Crippen MR) is 98.1 cm³/mol. The highest BCUT2D eigenvalue weighted by molar-refractivity contribution is 5.76. The van der Waals surface area contributed by atoms with Gasteiger partial charge in [0.05, 0.1) is 17.6 Å². The molecule has 7 heteroatoms. The second kappa shape index (κ2) is 6.95. The van der Waals surface area contributed by atoms with Gasteiger partial charge in [0.2, 0.25) is 0 Å². The van der Waals surface area contributed by atoms with E-state index in [4.69, 9.17) is 5.73 Å². The Morgan fingerprint density at radius 3 is 2.88 bits per heavy atom. The van der Waals surface area contributed by atoms with E-state index in [0.29, 0.717) is 29.3 Å². The number of piperidine rings is 1. The van der Waals surface area contributed by atoms with Gasteiger partial charge in [0.15, 0.2) is 11.5 Å². The van der Waals surface area contributed by atoms with Crippen molar-refractivity contribution in [2.24, 2.45) is 12.8 Å². The van der Waals surface area contributed by atoms with Gasteiger partial charge in [0, 0.05) is 33.2 Å². The molecule has 2 heterocycles. The molecule has 0 bridgehead atoms. The van der Waals surface area contributed by atoms with E-state index < -0.39 is 0 Å². The van der Waals surface area contributed by atoms with Gasteiger partial charge >= 0.3 is 0 Å². The molecule has 0 aliphatic carbocycles. The minimum Gasteiger partial charge on any atom is -0.353 e. The number of aryl methyl sites for hydroxylation is 1. The Morgan fingerprint density at radius 1 is 1.40 bits per heavy atom. The molecule has 1 fully saturated rings. The van der Waals surface area contributed by atoms with Crippen LogP contribution in [0, 0.1) is 11.3 Å². The SMILES string of the molecule is CN(c1ccccc1C#N)c1c(N2CCCC(N)C2)ncn(C)c1=O. The Hall–Kier alpha value is -2.85. The highest BCUT2D eigenvalue weighted by atomic mass is 16.1. The van der Waals surface area contributed by atoms with E-state index in [1.807, 2.05) is 18.2 Å². The highest BCUT2D eigenvalue weighted by Gasteiger charge is 2.25. The number of hydrogen-bond donors (Lipinski definition) is 1. The number of anilines is 3. The highest BCUT2D eigenvalue weighted by Crippen LogP contribution is 2.31. The molecule has 3 rings (SSSR count). The van der Waals surface area contributed by atoms with E-state index in [1.165, 1.54) is 10.9 Å². The fourth-order valence-electron chi connectivity index (χ4n) is 3.23. The van der Waals surface area contributed by atoms with E-state index >= 15 is 0 Å². The van der Waals surface area contributed by atoms with Crippen LogP contribution >= 0.6 is 0 Å². The maximum atomic E-state index is 12.9. The smallest absolute Gasteiger partial charge is 0.279 e. The third kappa shape index (κ3) is 3.21. The minimum atomic E-state index is -0.153. The fraction of sp³-hybridized carbons (Fsp3) is 0.389. The Morgan fingerprint density at radius 2 is 2.16 bits per heavy atom. The zero-order valence-electron chi connectivity index (χ0n) is 14.5. The number of aromatic nitrogens is 2. The monoisotopic (exact) mass is 338 g/mol. The van der Waals surface area contributed by atoms with Gasteiger partial charge in [-0.3, -0.25) is 4.79 Å². The number of rotatable bonds is 3. The second-order valence-electron chi connectivity index (χ2n) is 6.37. The topological polar surface area (TPSA) is 91.2 Å². The minimum absolute atomic E-state index is 0.0733. The van der Waals surface area contributed by atoms with E-state index in [0.717, 1.165) is 19.4 Å². The second-order valence-corrected chi connectivity index (χ2v) is 6.37. The van der Waals surface area contributed by atoms with Crippen molar-refractivity contribution in [1.29, 1.82) is 5.26 Å². The van der Waals surface area contributed by atoms with Crippen molar-refractivity contribution in [3.05, 3.63) is 46.5 Å². The molecule has 130 valence electrons. The maximum absolute atomic E-state index is 12.9. The van der Waals surface area contributed by atoms with Crippen LogP contribution in [-0.4, -0.2) is 35.7 Å². The van der Waals surface area contributed by atoms with Gasteiger partial charge in [-0.05, 0) is 25.0 Å². The number of hydrogen-bond acceptors (Lipinski definition) is 6. The van der Waals surface area contributed by atoms with E-state index in [1.54, 1.807) is 25.1 Å². The molecule has 1 aromatic carbocycles. The number of para-hydroxylation sites is 1. The zero-order chi connectivity index (χ0) is 18.0. The lowest BCUT2D eigenvalue weighted by Gasteiger charge is -2.34. The summed E-state index contributed by atoms with van der Waals surface area (Å²) < 4.78 is 1.45. The summed E-state index contributed by atoms with van der Waals surface area (Å²) in [6.07, 6.45) is 3.48. The van der Waals surface area contributed by atoms with Crippen LogP contribution in [0.5, 0.6) is 0 Å². The Balaban J connectivity index is 2.13. The molecule has 2 N–H and O–H groups in total. The van der Waals surface area contributed by atoms with E-state index in [-0.39, 0.29) is 11.6 Å². The molecule has 0 radical (unpaired) electrons.